The molecule has 3 rings (SSSR count). The molecule has 0 bridgehead atoms. The average molecular weight is 427 g/mol. The molecule has 0 unspecified atom stereocenters. The second kappa shape index (κ2) is 10.7. The van der Waals surface area contributed by atoms with Gasteiger partial charge in [-0.2, -0.15) is 0 Å². The van der Waals surface area contributed by atoms with Crippen LogP contribution in [0.25, 0.3) is 0 Å². The van der Waals surface area contributed by atoms with Gasteiger partial charge in [-0.15, -0.1) is 6.58 Å². The van der Waals surface area contributed by atoms with Crippen molar-refractivity contribution in [1.82, 2.24) is 14.8 Å². The molecule has 2 aromatic rings. The Balaban J connectivity index is 1.67. The lowest BCUT2D eigenvalue weighted by Crippen LogP contribution is -2.46. The molecule has 1 amide bonds. The third-order valence-corrected chi connectivity index (χ3v) is 5.36. The van der Waals surface area contributed by atoms with E-state index < -0.39 is 0 Å². The van der Waals surface area contributed by atoms with Crippen LogP contribution in [0.15, 0.2) is 54.0 Å². The number of anilines is 1. The van der Waals surface area contributed by atoms with E-state index >= 15 is 0 Å². The topological polar surface area (TPSA) is 76.0 Å². The van der Waals surface area contributed by atoms with Crippen LogP contribution < -0.4 is 25.1 Å². The Morgan fingerprint density at radius 1 is 1.13 bits per heavy atom. The normalized spacial score (nSPS) is 14.2. The summed E-state index contributed by atoms with van der Waals surface area (Å²) >= 11 is 0. The van der Waals surface area contributed by atoms with Crippen molar-refractivity contribution < 1.29 is 14.3 Å². The predicted octanol–water partition coefficient (Wildman–Crippen LogP) is 1.49. The number of pyridine rings is 1. The molecule has 0 radical (unpaired) electrons. The van der Waals surface area contributed by atoms with Crippen LogP contribution in [0.4, 0.5) is 5.69 Å². The van der Waals surface area contributed by atoms with Crippen LogP contribution in [-0.2, 0) is 17.9 Å². The highest BCUT2D eigenvalue weighted by Gasteiger charge is 2.19. The number of rotatable bonds is 9. The number of ether oxygens (including phenoxy) is 2. The van der Waals surface area contributed by atoms with Gasteiger partial charge in [-0.1, -0.05) is 6.08 Å². The molecule has 1 aliphatic rings. The van der Waals surface area contributed by atoms with E-state index in [2.05, 4.69) is 33.8 Å². The summed E-state index contributed by atoms with van der Waals surface area (Å²) in [6, 6.07) is 9.63. The molecule has 1 aromatic heterocycles. The van der Waals surface area contributed by atoms with Gasteiger partial charge in [0, 0.05) is 56.7 Å². The van der Waals surface area contributed by atoms with E-state index in [-0.39, 0.29) is 23.6 Å². The van der Waals surface area contributed by atoms with E-state index in [0.717, 1.165) is 37.6 Å². The van der Waals surface area contributed by atoms with Gasteiger partial charge in [0.05, 0.1) is 20.4 Å². The van der Waals surface area contributed by atoms with Crippen molar-refractivity contribution in [1.29, 1.82) is 0 Å². The number of hydrogen-bond acceptors (Lipinski definition) is 6. The quantitative estimate of drug-likeness (QED) is 0.613. The molecule has 0 saturated carbocycles. The first-order valence-electron chi connectivity index (χ1n) is 10.3. The molecule has 1 N–H and O–H groups in total. The molecule has 8 heteroatoms. The van der Waals surface area contributed by atoms with Crippen molar-refractivity contribution in [2.45, 2.75) is 13.1 Å². The average Bonchev–Trinajstić information content (AvgIpc) is 2.80. The van der Waals surface area contributed by atoms with Gasteiger partial charge in [0.1, 0.15) is 12.3 Å². The smallest absolute Gasteiger partial charge is 0.240 e. The lowest BCUT2D eigenvalue weighted by Gasteiger charge is -2.36. The molecule has 8 nitrogen and oxygen atoms in total. The Labute approximate surface area is 182 Å². The molecule has 1 fully saturated rings. The summed E-state index contributed by atoms with van der Waals surface area (Å²) in [5.74, 6) is 0.928. The first-order valence-corrected chi connectivity index (χ1v) is 10.3. The Morgan fingerprint density at radius 3 is 2.45 bits per heavy atom. The van der Waals surface area contributed by atoms with Crippen molar-refractivity contribution >= 4 is 11.6 Å². The molecule has 1 aliphatic heterocycles. The summed E-state index contributed by atoms with van der Waals surface area (Å²) in [4.78, 5) is 29.2. The van der Waals surface area contributed by atoms with Crippen LogP contribution in [-0.4, -0.2) is 62.3 Å². The molecule has 1 saturated heterocycles. The van der Waals surface area contributed by atoms with Gasteiger partial charge in [-0.3, -0.25) is 14.5 Å². The third kappa shape index (κ3) is 5.88. The molecular weight excluding hydrogens is 396 g/mol. The molecule has 0 atom stereocenters. The molecule has 0 spiro atoms. The van der Waals surface area contributed by atoms with Crippen molar-refractivity contribution in [3.8, 4) is 11.5 Å². The maximum Gasteiger partial charge on any atom is 0.240 e. The Kier molecular flexibility index (Phi) is 7.72. The number of aromatic nitrogens is 1. The number of benzene rings is 1. The molecule has 0 aliphatic carbocycles. The molecule has 166 valence electrons. The highest BCUT2D eigenvalue weighted by Crippen LogP contribution is 2.21. The van der Waals surface area contributed by atoms with Crippen LogP contribution in [0, 0.1) is 0 Å². The zero-order valence-corrected chi connectivity index (χ0v) is 18.2. The van der Waals surface area contributed by atoms with Gasteiger partial charge in [0.15, 0.2) is 5.75 Å². The number of nitrogens with one attached hydrogen (secondary N) is 1. The fraction of sp³-hybridized carbons (Fsp3) is 0.391. The van der Waals surface area contributed by atoms with E-state index in [9.17, 15) is 9.59 Å². The van der Waals surface area contributed by atoms with Gasteiger partial charge < -0.3 is 24.3 Å². The van der Waals surface area contributed by atoms with Crippen molar-refractivity contribution in [2.24, 2.45) is 0 Å². The largest absolute Gasteiger partial charge is 0.497 e. The minimum absolute atomic E-state index is 0.117. The summed E-state index contributed by atoms with van der Waals surface area (Å²) in [5.41, 5.74) is 1.77. The van der Waals surface area contributed by atoms with Gasteiger partial charge in [0.2, 0.25) is 11.3 Å². The van der Waals surface area contributed by atoms with Crippen LogP contribution in [0.5, 0.6) is 11.5 Å². The summed E-state index contributed by atoms with van der Waals surface area (Å²) in [6.07, 6.45) is 3.24. The standard InChI is InChI=1S/C23H30N4O4/c1-4-9-24-23(29)17-27-16-22(31-3)21(28)14-19(27)15-25-10-12-26(13-11-25)18-5-7-20(30-2)8-6-18/h4-8,14,16H,1,9-13,15,17H2,2-3H3,(H,24,29). The minimum Gasteiger partial charge on any atom is -0.497 e. The van der Waals surface area contributed by atoms with E-state index in [1.807, 2.05) is 12.1 Å². The van der Waals surface area contributed by atoms with Gasteiger partial charge in [-0.25, -0.2) is 0 Å². The first kappa shape index (κ1) is 22.4. The van der Waals surface area contributed by atoms with Crippen LogP contribution >= 0.6 is 0 Å². The molecule has 1 aromatic carbocycles. The zero-order valence-electron chi connectivity index (χ0n) is 18.2. The second-order valence-electron chi connectivity index (χ2n) is 7.38. The number of carbonyl (C=O) groups is 1. The van der Waals surface area contributed by atoms with E-state index in [1.165, 1.54) is 12.8 Å². The van der Waals surface area contributed by atoms with E-state index in [4.69, 9.17) is 9.47 Å². The molecular formula is C23H30N4O4. The SMILES string of the molecule is C=CCNC(=O)Cn1cc(OC)c(=O)cc1CN1CCN(c2ccc(OC)cc2)CC1. The van der Waals surface area contributed by atoms with Gasteiger partial charge in [0.25, 0.3) is 0 Å². The first-order chi connectivity index (χ1) is 15.0. The maximum absolute atomic E-state index is 12.3. The Morgan fingerprint density at radius 2 is 1.84 bits per heavy atom. The number of hydrogen-bond donors (Lipinski definition) is 1. The maximum atomic E-state index is 12.3. The van der Waals surface area contributed by atoms with Gasteiger partial charge >= 0.3 is 0 Å². The molecule has 31 heavy (non-hydrogen) atoms. The highest BCUT2D eigenvalue weighted by molar-refractivity contribution is 5.76. The summed E-state index contributed by atoms with van der Waals surface area (Å²) < 4.78 is 12.2. The van der Waals surface area contributed by atoms with E-state index in [0.29, 0.717) is 13.1 Å². The van der Waals surface area contributed by atoms with Gasteiger partial charge in [-0.05, 0) is 24.3 Å². The molecule has 2 heterocycles. The number of carbonyl (C=O) groups excluding carboxylic acids is 1. The minimum atomic E-state index is -0.183. The van der Waals surface area contributed by atoms with Crippen molar-refractivity contribution in [3.63, 3.8) is 0 Å². The number of methoxy groups -OCH3 is 2. The third-order valence-electron chi connectivity index (χ3n) is 5.36. The Hall–Kier alpha value is -3.26. The summed E-state index contributed by atoms with van der Waals surface area (Å²) in [7, 11) is 3.12. The van der Waals surface area contributed by atoms with E-state index in [1.54, 1.807) is 30.0 Å². The fourth-order valence-corrected chi connectivity index (χ4v) is 3.61. The fourth-order valence-electron chi connectivity index (χ4n) is 3.61. The van der Waals surface area contributed by atoms with Crippen molar-refractivity contribution in [3.05, 3.63) is 65.1 Å². The number of amides is 1. The summed E-state index contributed by atoms with van der Waals surface area (Å²) in [6.45, 7) is 8.19. The Bertz CT molecular complexity index is 947. The highest BCUT2D eigenvalue weighted by atomic mass is 16.5. The monoisotopic (exact) mass is 426 g/mol. The van der Waals surface area contributed by atoms with Crippen LogP contribution in [0.3, 0.4) is 0 Å². The number of nitrogens with zero attached hydrogens (tertiary/aromatic N) is 3. The summed E-state index contributed by atoms with van der Waals surface area (Å²) in [5, 5.41) is 2.77. The van der Waals surface area contributed by atoms with Crippen LogP contribution in [0.2, 0.25) is 0 Å². The lowest BCUT2D eigenvalue weighted by atomic mass is 10.2. The lowest BCUT2D eigenvalue weighted by molar-refractivity contribution is -0.121. The zero-order chi connectivity index (χ0) is 22.2. The number of piperazine rings is 1. The predicted molar refractivity (Wildman–Crippen MR) is 121 cm³/mol. The van der Waals surface area contributed by atoms with Crippen LogP contribution in [0.1, 0.15) is 5.69 Å². The second-order valence-corrected chi connectivity index (χ2v) is 7.38. The van der Waals surface area contributed by atoms with Crippen molar-refractivity contribution in [2.75, 3.05) is 51.8 Å².